The van der Waals surface area contributed by atoms with Crippen LogP contribution in [0.1, 0.15) is 17.2 Å². The highest BCUT2D eigenvalue weighted by Gasteiger charge is 2.20. The summed E-state index contributed by atoms with van der Waals surface area (Å²) in [6.45, 7) is 3.96. The van der Waals surface area contributed by atoms with Crippen LogP contribution in [0.4, 0.5) is 0 Å². The second-order valence-corrected chi connectivity index (χ2v) is 7.46. The van der Waals surface area contributed by atoms with Gasteiger partial charge < -0.3 is 10.4 Å². The largest absolute Gasteiger partial charge is 0.507 e. The fraction of sp³-hybridized carbons (Fsp3) is 0.227. The van der Waals surface area contributed by atoms with Gasteiger partial charge in [-0.05, 0) is 60.0 Å². The summed E-state index contributed by atoms with van der Waals surface area (Å²) in [4.78, 5) is 0. The molecule has 5 rings (SSSR count). The van der Waals surface area contributed by atoms with E-state index in [0.29, 0.717) is 17.2 Å². The van der Waals surface area contributed by atoms with Crippen molar-refractivity contribution in [1.29, 1.82) is 0 Å². The van der Waals surface area contributed by atoms with Crippen molar-refractivity contribution in [3.63, 3.8) is 0 Å². The van der Waals surface area contributed by atoms with E-state index in [1.165, 1.54) is 0 Å². The normalized spacial score (nSPS) is 13.9. The van der Waals surface area contributed by atoms with Gasteiger partial charge in [-0.1, -0.05) is 6.07 Å². The number of aromatic nitrogens is 4. The molecule has 2 aromatic carbocycles. The van der Waals surface area contributed by atoms with Crippen LogP contribution in [0.15, 0.2) is 48.7 Å². The standard InChI is InChI=1S/C22H21N5O.ClH/c1-13-7-15(8-16-12-27(2)26-22(13)16)14-3-4-18(21(28)9-14)20-6-5-19(24-25-20)17-10-23-11-17;/h3-9,12,17,23,28H,10-11H2,1-2H3;1H. The molecule has 2 aromatic heterocycles. The molecule has 0 atom stereocenters. The molecule has 1 aliphatic heterocycles. The summed E-state index contributed by atoms with van der Waals surface area (Å²) >= 11 is 0. The van der Waals surface area contributed by atoms with Gasteiger partial charge in [-0.3, -0.25) is 4.68 Å². The molecule has 0 bridgehead atoms. The Labute approximate surface area is 175 Å². The minimum atomic E-state index is 0. The Hall–Kier alpha value is -2.96. The molecule has 3 heterocycles. The van der Waals surface area contributed by atoms with Crippen molar-refractivity contribution in [1.82, 2.24) is 25.3 Å². The SMILES string of the molecule is Cc1cc(-c2ccc(-c3ccc(C4CNC4)nn3)c(O)c2)cc2cn(C)nc12.Cl. The third kappa shape index (κ3) is 3.45. The van der Waals surface area contributed by atoms with E-state index in [1.807, 2.05) is 42.2 Å². The zero-order chi connectivity index (χ0) is 19.3. The lowest BCUT2D eigenvalue weighted by molar-refractivity contribution is 0.436. The lowest BCUT2D eigenvalue weighted by atomic mass is 9.97. The van der Waals surface area contributed by atoms with E-state index in [2.05, 4.69) is 39.7 Å². The molecule has 0 amide bonds. The van der Waals surface area contributed by atoms with Crippen molar-refractivity contribution in [3.05, 3.63) is 59.9 Å². The number of phenols is 1. The number of nitrogens with zero attached hydrogens (tertiary/aromatic N) is 4. The molecule has 1 aliphatic rings. The number of fused-ring (bicyclic) bond motifs is 1. The third-order valence-electron chi connectivity index (χ3n) is 5.41. The van der Waals surface area contributed by atoms with Crippen LogP contribution in [0, 0.1) is 6.92 Å². The van der Waals surface area contributed by atoms with Gasteiger partial charge in [0.15, 0.2) is 0 Å². The van der Waals surface area contributed by atoms with E-state index < -0.39 is 0 Å². The van der Waals surface area contributed by atoms with E-state index in [9.17, 15) is 5.11 Å². The Kier molecular flexibility index (Phi) is 4.98. The van der Waals surface area contributed by atoms with Crippen LogP contribution < -0.4 is 5.32 Å². The fourth-order valence-corrected chi connectivity index (χ4v) is 3.73. The monoisotopic (exact) mass is 407 g/mol. The zero-order valence-corrected chi connectivity index (χ0v) is 17.1. The molecule has 2 N–H and O–H groups in total. The second-order valence-electron chi connectivity index (χ2n) is 7.46. The van der Waals surface area contributed by atoms with E-state index in [4.69, 9.17) is 0 Å². The number of phenolic OH excluding ortho intramolecular Hbond substituents is 1. The lowest BCUT2D eigenvalue weighted by Gasteiger charge is -2.25. The predicted molar refractivity (Wildman–Crippen MR) is 116 cm³/mol. The Morgan fingerprint density at radius 1 is 1.03 bits per heavy atom. The molecular weight excluding hydrogens is 386 g/mol. The van der Waals surface area contributed by atoms with Crippen LogP contribution in [0.5, 0.6) is 5.75 Å². The molecular formula is C22H22ClN5O. The summed E-state index contributed by atoms with van der Waals surface area (Å²) in [5.41, 5.74) is 6.50. The highest BCUT2D eigenvalue weighted by molar-refractivity contribution is 5.87. The molecule has 148 valence electrons. The lowest BCUT2D eigenvalue weighted by Crippen LogP contribution is -2.40. The Balaban J connectivity index is 0.00000205. The minimum Gasteiger partial charge on any atom is -0.507 e. The van der Waals surface area contributed by atoms with Crippen LogP contribution >= 0.6 is 12.4 Å². The summed E-state index contributed by atoms with van der Waals surface area (Å²) in [6, 6.07) is 13.8. The maximum atomic E-state index is 10.6. The van der Waals surface area contributed by atoms with Crippen molar-refractivity contribution in [2.45, 2.75) is 12.8 Å². The maximum Gasteiger partial charge on any atom is 0.125 e. The van der Waals surface area contributed by atoms with Gasteiger partial charge in [0.05, 0.1) is 16.9 Å². The molecule has 0 spiro atoms. The van der Waals surface area contributed by atoms with Crippen molar-refractivity contribution in [3.8, 4) is 28.1 Å². The van der Waals surface area contributed by atoms with E-state index in [0.717, 1.165) is 46.4 Å². The molecule has 0 unspecified atom stereocenters. The molecule has 29 heavy (non-hydrogen) atoms. The van der Waals surface area contributed by atoms with Crippen LogP contribution in [-0.4, -0.2) is 38.2 Å². The fourth-order valence-electron chi connectivity index (χ4n) is 3.73. The summed E-state index contributed by atoms with van der Waals surface area (Å²) in [5.74, 6) is 0.650. The van der Waals surface area contributed by atoms with Gasteiger partial charge in [-0.15, -0.1) is 12.4 Å². The average Bonchev–Trinajstić information content (AvgIpc) is 3.02. The van der Waals surface area contributed by atoms with Crippen molar-refractivity contribution in [2.24, 2.45) is 7.05 Å². The van der Waals surface area contributed by atoms with E-state index in [1.54, 1.807) is 6.07 Å². The summed E-state index contributed by atoms with van der Waals surface area (Å²) in [5, 5.41) is 28.1. The van der Waals surface area contributed by atoms with Crippen LogP contribution in [0.25, 0.3) is 33.3 Å². The van der Waals surface area contributed by atoms with Crippen molar-refractivity contribution >= 4 is 23.3 Å². The summed E-state index contributed by atoms with van der Waals surface area (Å²) in [6.07, 6.45) is 2.01. The van der Waals surface area contributed by atoms with Crippen LogP contribution in [0.3, 0.4) is 0 Å². The number of rotatable bonds is 3. The molecule has 0 saturated carbocycles. The van der Waals surface area contributed by atoms with Crippen molar-refractivity contribution < 1.29 is 5.11 Å². The molecule has 6 nitrogen and oxygen atoms in total. The molecule has 1 fully saturated rings. The molecule has 0 aliphatic carbocycles. The average molecular weight is 408 g/mol. The zero-order valence-electron chi connectivity index (χ0n) is 16.3. The third-order valence-corrected chi connectivity index (χ3v) is 5.41. The topological polar surface area (TPSA) is 75.9 Å². The first-order valence-electron chi connectivity index (χ1n) is 9.40. The van der Waals surface area contributed by atoms with Gasteiger partial charge in [-0.2, -0.15) is 15.3 Å². The second kappa shape index (κ2) is 7.46. The van der Waals surface area contributed by atoms with Gasteiger partial charge in [0.25, 0.3) is 0 Å². The van der Waals surface area contributed by atoms with Gasteiger partial charge >= 0.3 is 0 Å². The summed E-state index contributed by atoms with van der Waals surface area (Å²) < 4.78 is 1.82. The highest BCUT2D eigenvalue weighted by atomic mass is 35.5. The minimum absolute atomic E-state index is 0. The molecule has 7 heteroatoms. The Bertz CT molecular complexity index is 1180. The van der Waals surface area contributed by atoms with Gasteiger partial charge in [-0.25, -0.2) is 0 Å². The number of benzene rings is 2. The molecule has 1 saturated heterocycles. The smallest absolute Gasteiger partial charge is 0.125 e. The molecule has 0 radical (unpaired) electrons. The van der Waals surface area contributed by atoms with E-state index >= 15 is 0 Å². The number of aromatic hydroxyl groups is 1. The summed E-state index contributed by atoms with van der Waals surface area (Å²) in [7, 11) is 1.92. The number of hydrogen-bond acceptors (Lipinski definition) is 5. The molecule has 4 aromatic rings. The first kappa shape index (κ1) is 19.4. The number of aryl methyl sites for hydroxylation is 2. The number of hydrogen-bond donors (Lipinski definition) is 2. The van der Waals surface area contributed by atoms with E-state index in [-0.39, 0.29) is 18.2 Å². The predicted octanol–water partition coefficient (Wildman–Crippen LogP) is 3.82. The number of halogens is 1. The highest BCUT2D eigenvalue weighted by Crippen LogP contribution is 2.34. The quantitative estimate of drug-likeness (QED) is 0.540. The van der Waals surface area contributed by atoms with Crippen molar-refractivity contribution in [2.75, 3.05) is 13.1 Å². The van der Waals surface area contributed by atoms with Gasteiger partial charge in [0, 0.05) is 43.2 Å². The van der Waals surface area contributed by atoms with Gasteiger partial charge in [0.2, 0.25) is 0 Å². The Morgan fingerprint density at radius 2 is 1.86 bits per heavy atom. The first-order valence-corrected chi connectivity index (χ1v) is 9.40. The van der Waals surface area contributed by atoms with Crippen LogP contribution in [-0.2, 0) is 7.05 Å². The van der Waals surface area contributed by atoms with Crippen LogP contribution in [0.2, 0.25) is 0 Å². The number of nitrogens with one attached hydrogen (secondary N) is 1. The Morgan fingerprint density at radius 3 is 2.52 bits per heavy atom. The maximum absolute atomic E-state index is 10.6. The van der Waals surface area contributed by atoms with Gasteiger partial charge in [0.1, 0.15) is 5.75 Å². The first-order chi connectivity index (χ1) is 13.6.